The molecule has 1 unspecified atom stereocenters. The maximum Gasteiger partial charge on any atom is 0.0744 e. The Morgan fingerprint density at radius 3 is 2.71 bits per heavy atom. The van der Waals surface area contributed by atoms with Gasteiger partial charge in [0.15, 0.2) is 0 Å². The topological polar surface area (TPSA) is 38.9 Å². The molecule has 0 saturated carbocycles. The Labute approximate surface area is 110 Å². The van der Waals surface area contributed by atoms with E-state index in [2.05, 4.69) is 4.98 Å². The summed E-state index contributed by atoms with van der Waals surface area (Å²) in [6.45, 7) is 1.97. The van der Waals surface area contributed by atoms with E-state index in [-0.39, 0.29) is 6.04 Å². The van der Waals surface area contributed by atoms with Crippen molar-refractivity contribution in [3.63, 3.8) is 0 Å². The highest BCUT2D eigenvalue weighted by molar-refractivity contribution is 6.33. The second-order valence-electron chi connectivity index (χ2n) is 3.85. The van der Waals surface area contributed by atoms with E-state index in [0.29, 0.717) is 10.0 Å². The van der Waals surface area contributed by atoms with Crippen molar-refractivity contribution < 1.29 is 0 Å². The minimum Gasteiger partial charge on any atom is -0.319 e. The first-order chi connectivity index (χ1) is 8.09. The SMILES string of the molecule is Cc1cccnc1C(N)c1cc(Cl)ccc1Cl. The molecule has 1 atom stereocenters. The van der Waals surface area contributed by atoms with Crippen LogP contribution in [0.5, 0.6) is 0 Å². The average Bonchev–Trinajstić information content (AvgIpc) is 2.32. The standard InChI is InChI=1S/C13H12Cl2N2/c1-8-3-2-6-17-13(8)12(16)10-7-9(14)4-5-11(10)15/h2-7,12H,16H2,1H3. The normalized spacial score (nSPS) is 12.5. The third kappa shape index (κ3) is 2.60. The molecule has 17 heavy (non-hydrogen) atoms. The van der Waals surface area contributed by atoms with E-state index in [4.69, 9.17) is 28.9 Å². The van der Waals surface area contributed by atoms with E-state index in [9.17, 15) is 0 Å². The number of aromatic nitrogens is 1. The Bertz CT molecular complexity index is 541. The molecule has 0 fully saturated rings. The summed E-state index contributed by atoms with van der Waals surface area (Å²) in [5.74, 6) is 0. The Morgan fingerprint density at radius 1 is 1.24 bits per heavy atom. The maximum absolute atomic E-state index is 6.18. The lowest BCUT2D eigenvalue weighted by Crippen LogP contribution is -2.15. The van der Waals surface area contributed by atoms with Crippen LogP contribution in [0.3, 0.4) is 0 Å². The summed E-state index contributed by atoms with van der Waals surface area (Å²) in [4.78, 5) is 4.30. The zero-order chi connectivity index (χ0) is 12.4. The molecular weight excluding hydrogens is 255 g/mol. The monoisotopic (exact) mass is 266 g/mol. The summed E-state index contributed by atoms with van der Waals surface area (Å²) in [5, 5.41) is 1.22. The fraction of sp³-hybridized carbons (Fsp3) is 0.154. The van der Waals surface area contributed by atoms with E-state index in [1.165, 1.54) is 0 Å². The molecule has 1 aromatic carbocycles. The van der Waals surface area contributed by atoms with Gasteiger partial charge in [-0.2, -0.15) is 0 Å². The predicted molar refractivity (Wildman–Crippen MR) is 71.5 cm³/mol. The smallest absolute Gasteiger partial charge is 0.0744 e. The molecule has 4 heteroatoms. The fourth-order valence-electron chi connectivity index (χ4n) is 1.72. The van der Waals surface area contributed by atoms with Crippen LogP contribution in [0.25, 0.3) is 0 Å². The number of hydrogen-bond donors (Lipinski definition) is 1. The molecule has 0 bridgehead atoms. The minimum absolute atomic E-state index is 0.359. The van der Waals surface area contributed by atoms with Gasteiger partial charge in [-0.1, -0.05) is 29.3 Å². The highest BCUT2D eigenvalue weighted by atomic mass is 35.5. The average molecular weight is 267 g/mol. The van der Waals surface area contributed by atoms with Gasteiger partial charge in [-0.3, -0.25) is 4.98 Å². The molecule has 2 rings (SSSR count). The highest BCUT2D eigenvalue weighted by Gasteiger charge is 2.15. The fourth-order valence-corrected chi connectivity index (χ4v) is 2.14. The van der Waals surface area contributed by atoms with Crippen molar-refractivity contribution in [1.82, 2.24) is 4.98 Å². The van der Waals surface area contributed by atoms with Crippen molar-refractivity contribution in [1.29, 1.82) is 0 Å². The second kappa shape index (κ2) is 5.05. The molecule has 2 nitrogen and oxygen atoms in total. The van der Waals surface area contributed by atoms with Gasteiger partial charge in [-0.25, -0.2) is 0 Å². The van der Waals surface area contributed by atoms with Gasteiger partial charge in [0.2, 0.25) is 0 Å². The highest BCUT2D eigenvalue weighted by Crippen LogP contribution is 2.29. The van der Waals surface area contributed by atoms with E-state index in [0.717, 1.165) is 16.8 Å². The Balaban J connectivity index is 2.47. The number of hydrogen-bond acceptors (Lipinski definition) is 2. The molecule has 1 heterocycles. The van der Waals surface area contributed by atoms with Crippen LogP contribution in [0.4, 0.5) is 0 Å². The number of halogens is 2. The van der Waals surface area contributed by atoms with Gasteiger partial charge in [0.1, 0.15) is 0 Å². The second-order valence-corrected chi connectivity index (χ2v) is 4.69. The third-order valence-corrected chi connectivity index (χ3v) is 3.22. The number of nitrogens with zero attached hydrogens (tertiary/aromatic N) is 1. The van der Waals surface area contributed by atoms with E-state index >= 15 is 0 Å². The van der Waals surface area contributed by atoms with Gasteiger partial charge in [0.25, 0.3) is 0 Å². The number of pyridine rings is 1. The van der Waals surface area contributed by atoms with Gasteiger partial charge < -0.3 is 5.73 Å². The zero-order valence-corrected chi connectivity index (χ0v) is 10.8. The number of aryl methyl sites for hydroxylation is 1. The molecule has 0 aliphatic carbocycles. The molecule has 0 aliphatic heterocycles. The van der Waals surface area contributed by atoms with Crippen LogP contribution >= 0.6 is 23.2 Å². The van der Waals surface area contributed by atoms with Crippen molar-refractivity contribution in [2.45, 2.75) is 13.0 Å². The first-order valence-corrected chi connectivity index (χ1v) is 5.97. The lowest BCUT2D eigenvalue weighted by Gasteiger charge is -2.15. The Morgan fingerprint density at radius 2 is 2.00 bits per heavy atom. The first kappa shape index (κ1) is 12.4. The predicted octanol–water partition coefficient (Wildman–Crippen LogP) is 3.74. The lowest BCUT2D eigenvalue weighted by molar-refractivity contribution is 0.818. The lowest BCUT2D eigenvalue weighted by atomic mass is 10.0. The number of rotatable bonds is 2. The van der Waals surface area contributed by atoms with Crippen molar-refractivity contribution in [3.05, 3.63) is 63.4 Å². The van der Waals surface area contributed by atoms with Crippen LogP contribution in [-0.4, -0.2) is 4.98 Å². The van der Waals surface area contributed by atoms with Crippen molar-refractivity contribution >= 4 is 23.2 Å². The largest absolute Gasteiger partial charge is 0.319 e. The van der Waals surface area contributed by atoms with Crippen molar-refractivity contribution in [3.8, 4) is 0 Å². The van der Waals surface area contributed by atoms with Crippen LogP contribution in [0.15, 0.2) is 36.5 Å². The van der Waals surface area contributed by atoms with Gasteiger partial charge >= 0.3 is 0 Å². The molecular formula is C13H12Cl2N2. The summed E-state index contributed by atoms with van der Waals surface area (Å²) >= 11 is 12.1. The van der Waals surface area contributed by atoms with E-state index in [1.54, 1.807) is 24.4 Å². The van der Waals surface area contributed by atoms with Crippen LogP contribution in [0.2, 0.25) is 10.0 Å². The summed E-state index contributed by atoms with van der Waals surface area (Å²) in [7, 11) is 0. The molecule has 0 amide bonds. The molecule has 0 aliphatic rings. The van der Waals surface area contributed by atoms with Gasteiger partial charge in [-0.15, -0.1) is 0 Å². The number of benzene rings is 1. The van der Waals surface area contributed by atoms with Crippen LogP contribution in [0, 0.1) is 6.92 Å². The summed E-state index contributed by atoms with van der Waals surface area (Å²) in [6.07, 6.45) is 1.72. The third-order valence-electron chi connectivity index (χ3n) is 2.64. The molecule has 0 spiro atoms. The molecule has 2 N–H and O–H groups in total. The van der Waals surface area contributed by atoms with Gasteiger partial charge in [0.05, 0.1) is 11.7 Å². The zero-order valence-electron chi connectivity index (χ0n) is 9.32. The number of nitrogens with two attached hydrogens (primary N) is 1. The molecule has 0 saturated heterocycles. The molecule has 88 valence electrons. The van der Waals surface area contributed by atoms with Crippen LogP contribution in [0.1, 0.15) is 22.9 Å². The molecule has 2 aromatic rings. The maximum atomic E-state index is 6.18. The van der Waals surface area contributed by atoms with Crippen LogP contribution in [-0.2, 0) is 0 Å². The summed E-state index contributed by atoms with van der Waals surface area (Å²) in [5.41, 5.74) is 8.83. The Hall–Kier alpha value is -1.09. The summed E-state index contributed by atoms with van der Waals surface area (Å²) < 4.78 is 0. The van der Waals surface area contributed by atoms with E-state index in [1.807, 2.05) is 19.1 Å². The van der Waals surface area contributed by atoms with Crippen molar-refractivity contribution in [2.75, 3.05) is 0 Å². The molecule has 1 aromatic heterocycles. The van der Waals surface area contributed by atoms with Crippen molar-refractivity contribution in [2.24, 2.45) is 5.73 Å². The van der Waals surface area contributed by atoms with Crippen LogP contribution < -0.4 is 5.73 Å². The Kier molecular flexibility index (Phi) is 3.67. The quantitative estimate of drug-likeness (QED) is 0.900. The van der Waals surface area contributed by atoms with Gasteiger partial charge in [-0.05, 0) is 42.3 Å². The molecule has 0 radical (unpaired) electrons. The summed E-state index contributed by atoms with van der Waals surface area (Å²) in [6, 6.07) is 8.76. The first-order valence-electron chi connectivity index (χ1n) is 5.21. The van der Waals surface area contributed by atoms with Gasteiger partial charge in [0, 0.05) is 16.2 Å². The van der Waals surface area contributed by atoms with E-state index < -0.39 is 0 Å². The minimum atomic E-state index is -0.359.